The SMILES string of the molecule is O=C1CCC(N2Cc3cc(C#CCCCN4CCN(CC#Cc5ccc(/C=C/c6ccc(C(O)N7CCc8cnc(-c9cnc%10ccccc%10c9)nc8C7)cc6)cc5)CC4)ccc3C2=O)C(=O)N1. The molecule has 2 saturated heterocycles. The van der Waals surface area contributed by atoms with Crippen molar-refractivity contribution in [2.45, 2.75) is 57.5 Å². The van der Waals surface area contributed by atoms with Crippen LogP contribution in [-0.2, 0) is 29.1 Å². The number of rotatable bonds is 10. The summed E-state index contributed by atoms with van der Waals surface area (Å²) in [7, 11) is 0. The Bertz CT molecular complexity index is 3030. The molecule has 6 heterocycles. The van der Waals surface area contributed by atoms with E-state index in [1.807, 2.05) is 73.1 Å². The van der Waals surface area contributed by atoms with E-state index < -0.39 is 18.2 Å². The van der Waals surface area contributed by atoms with Gasteiger partial charge in [0, 0.05) is 98.7 Å². The number of benzene rings is 4. The summed E-state index contributed by atoms with van der Waals surface area (Å²) < 4.78 is 0. The average Bonchev–Trinajstić information content (AvgIpc) is 3.70. The number of pyridine rings is 1. The van der Waals surface area contributed by atoms with E-state index in [0.717, 1.165) is 126 Å². The Morgan fingerprint density at radius 1 is 0.750 bits per heavy atom. The first kappa shape index (κ1) is 44.5. The fraction of sp³-hybridized carbons (Fsp3) is 0.286. The van der Waals surface area contributed by atoms with Gasteiger partial charge in [-0.1, -0.05) is 90.4 Å². The number of aromatic nitrogens is 3. The van der Waals surface area contributed by atoms with E-state index in [9.17, 15) is 19.5 Å². The third-order valence-corrected chi connectivity index (χ3v) is 13.3. The van der Waals surface area contributed by atoms with Crippen LogP contribution in [0.5, 0.6) is 0 Å². The van der Waals surface area contributed by atoms with E-state index in [1.54, 1.807) is 11.0 Å². The normalized spacial score (nSPS) is 18.1. The molecular weight excluding hydrogens is 849 g/mol. The first-order valence-corrected chi connectivity index (χ1v) is 23.5. The zero-order chi connectivity index (χ0) is 46.4. The molecule has 6 aromatic rings. The number of imide groups is 1. The number of carbonyl (C=O) groups is 3. The number of aliphatic hydroxyl groups is 1. The summed E-state index contributed by atoms with van der Waals surface area (Å²) >= 11 is 0. The molecule has 2 fully saturated rings. The standard InChI is InChI=1S/C56H52N8O4/c65-52-24-23-51(54(66)60-52)64-37-47-33-42(19-22-48(47)56(64)68)7-2-1-5-26-61-29-31-62(32-30-61)27-6-8-39-11-13-40(14-12-39)15-16-41-17-20-43(21-18-41)55(67)63-28-25-45-35-58-53(59-50(45)38-63)46-34-44-9-3-4-10-49(44)57-36-46/h3-4,9-22,33-36,51,55,67H,1,5,23-32,37-38H2,(H,60,65,66)/b16-15+. The first-order chi connectivity index (χ1) is 33.3. The van der Waals surface area contributed by atoms with Crippen molar-refractivity contribution in [1.82, 2.24) is 39.9 Å². The third-order valence-electron chi connectivity index (χ3n) is 13.3. The van der Waals surface area contributed by atoms with Crippen molar-refractivity contribution in [2.24, 2.45) is 0 Å². The quantitative estimate of drug-likeness (QED) is 0.0682. The summed E-state index contributed by atoms with van der Waals surface area (Å²) in [6, 6.07) is 31.5. The van der Waals surface area contributed by atoms with Gasteiger partial charge in [-0.3, -0.25) is 34.5 Å². The number of nitrogens with zero attached hydrogens (tertiary/aromatic N) is 7. The predicted molar refractivity (Wildman–Crippen MR) is 262 cm³/mol. The first-order valence-electron chi connectivity index (χ1n) is 23.5. The second kappa shape index (κ2) is 20.3. The van der Waals surface area contributed by atoms with Crippen LogP contribution < -0.4 is 5.32 Å². The molecule has 3 amide bonds. The highest BCUT2D eigenvalue weighted by Crippen LogP contribution is 2.30. The highest BCUT2D eigenvalue weighted by molar-refractivity contribution is 6.05. The number of hydrogen-bond acceptors (Lipinski definition) is 10. The summed E-state index contributed by atoms with van der Waals surface area (Å²) in [4.78, 5) is 59.6. The Hall–Kier alpha value is -7.32. The molecule has 0 bridgehead atoms. The van der Waals surface area contributed by atoms with Crippen molar-refractivity contribution in [3.8, 4) is 35.1 Å². The van der Waals surface area contributed by atoms with Gasteiger partial charge in [-0.2, -0.15) is 0 Å². The van der Waals surface area contributed by atoms with E-state index in [4.69, 9.17) is 4.98 Å². The van der Waals surface area contributed by atoms with Crippen molar-refractivity contribution in [2.75, 3.05) is 45.8 Å². The molecule has 340 valence electrons. The van der Waals surface area contributed by atoms with Crippen molar-refractivity contribution in [1.29, 1.82) is 0 Å². The van der Waals surface area contributed by atoms with Crippen molar-refractivity contribution < 1.29 is 19.5 Å². The largest absolute Gasteiger partial charge is 0.374 e. The molecule has 4 aliphatic rings. The minimum Gasteiger partial charge on any atom is -0.374 e. The van der Waals surface area contributed by atoms with E-state index in [0.29, 0.717) is 30.9 Å². The van der Waals surface area contributed by atoms with Crippen LogP contribution in [0.4, 0.5) is 0 Å². The molecule has 2 atom stereocenters. The summed E-state index contributed by atoms with van der Waals surface area (Å²) in [6.45, 7) is 7.36. The molecule has 68 heavy (non-hydrogen) atoms. The number of piperazine rings is 1. The van der Waals surface area contributed by atoms with E-state index in [1.165, 1.54) is 0 Å². The van der Waals surface area contributed by atoms with Crippen molar-refractivity contribution in [3.63, 3.8) is 0 Å². The second-order valence-electron chi connectivity index (χ2n) is 17.9. The minimum atomic E-state index is -0.742. The second-order valence-corrected chi connectivity index (χ2v) is 17.9. The van der Waals surface area contributed by atoms with Gasteiger partial charge in [-0.25, -0.2) is 9.97 Å². The smallest absolute Gasteiger partial charge is 0.255 e. The molecule has 12 heteroatoms. The molecule has 12 nitrogen and oxygen atoms in total. The van der Waals surface area contributed by atoms with Crippen LogP contribution in [0.3, 0.4) is 0 Å². The lowest BCUT2D eigenvalue weighted by molar-refractivity contribution is -0.136. The number of piperidine rings is 1. The molecule has 0 aliphatic carbocycles. The van der Waals surface area contributed by atoms with Crippen LogP contribution in [0.2, 0.25) is 0 Å². The molecule has 4 aliphatic heterocycles. The molecule has 4 aromatic carbocycles. The Kier molecular flexibility index (Phi) is 13.3. The fourth-order valence-electron chi connectivity index (χ4n) is 9.36. The summed E-state index contributed by atoms with van der Waals surface area (Å²) in [5.74, 6) is 13.1. The van der Waals surface area contributed by atoms with Gasteiger partial charge in [0.25, 0.3) is 5.91 Å². The lowest BCUT2D eigenvalue weighted by atomic mass is 10.0. The summed E-state index contributed by atoms with van der Waals surface area (Å²) in [5, 5.41) is 14.8. The summed E-state index contributed by atoms with van der Waals surface area (Å²) in [5.41, 5.74) is 10.2. The van der Waals surface area contributed by atoms with Crippen molar-refractivity contribution >= 4 is 40.8 Å². The highest BCUT2D eigenvalue weighted by atomic mass is 16.3. The minimum absolute atomic E-state index is 0.168. The monoisotopic (exact) mass is 900 g/mol. The lowest BCUT2D eigenvalue weighted by Gasteiger charge is -2.33. The Balaban J connectivity index is 0.635. The number of carbonyl (C=O) groups excluding carboxylic acids is 3. The predicted octanol–water partition coefficient (Wildman–Crippen LogP) is 6.47. The molecule has 0 saturated carbocycles. The van der Waals surface area contributed by atoms with Crippen molar-refractivity contribution in [3.05, 3.63) is 160 Å². The molecule has 2 N–H and O–H groups in total. The Morgan fingerprint density at radius 3 is 2.31 bits per heavy atom. The molecule has 2 aromatic heterocycles. The number of nitrogens with one attached hydrogen (secondary N) is 1. The van der Waals surface area contributed by atoms with Crippen LogP contribution in [0.1, 0.15) is 86.9 Å². The maximum Gasteiger partial charge on any atom is 0.255 e. The number of aliphatic hydroxyl groups excluding tert-OH is 1. The van der Waals surface area contributed by atoms with Gasteiger partial charge in [0.2, 0.25) is 11.8 Å². The van der Waals surface area contributed by atoms with Gasteiger partial charge in [-0.05, 0) is 96.1 Å². The average molecular weight is 901 g/mol. The lowest BCUT2D eigenvalue weighted by Crippen LogP contribution is -2.52. The third kappa shape index (κ3) is 10.3. The van der Waals surface area contributed by atoms with Gasteiger partial charge < -0.3 is 14.9 Å². The van der Waals surface area contributed by atoms with Gasteiger partial charge in [0.15, 0.2) is 5.82 Å². The summed E-state index contributed by atoms with van der Waals surface area (Å²) in [6.07, 6.45) is 10.3. The maximum absolute atomic E-state index is 13.0. The number of unbranched alkanes of at least 4 members (excludes halogenated alkanes) is 1. The number of para-hydroxylation sites is 1. The Labute approximate surface area is 396 Å². The molecule has 2 unspecified atom stereocenters. The number of hydrogen-bond donors (Lipinski definition) is 2. The number of amides is 3. The molecule has 0 spiro atoms. The van der Waals surface area contributed by atoms with E-state index in [-0.39, 0.29) is 18.2 Å². The van der Waals surface area contributed by atoms with Gasteiger partial charge >= 0.3 is 0 Å². The van der Waals surface area contributed by atoms with Gasteiger partial charge in [0.1, 0.15) is 12.3 Å². The molecule has 0 radical (unpaired) electrons. The molecular formula is C56H52N8O4. The van der Waals surface area contributed by atoms with Gasteiger partial charge in [-0.15, -0.1) is 0 Å². The zero-order valence-corrected chi connectivity index (χ0v) is 37.9. The van der Waals surface area contributed by atoms with Crippen LogP contribution >= 0.6 is 0 Å². The maximum atomic E-state index is 13.0. The van der Waals surface area contributed by atoms with Crippen LogP contribution in [0.15, 0.2) is 109 Å². The van der Waals surface area contributed by atoms with Gasteiger partial charge in [0.05, 0.1) is 17.8 Å². The topological polar surface area (TPSA) is 135 Å². The number of fused-ring (bicyclic) bond motifs is 3. The zero-order valence-electron chi connectivity index (χ0n) is 37.9. The van der Waals surface area contributed by atoms with E-state index in [2.05, 4.69) is 96.2 Å². The van der Waals surface area contributed by atoms with E-state index >= 15 is 0 Å². The van der Waals surface area contributed by atoms with Crippen LogP contribution in [0.25, 0.3) is 34.4 Å². The Morgan fingerprint density at radius 2 is 1.50 bits per heavy atom. The van der Waals surface area contributed by atoms with Crippen LogP contribution in [0, 0.1) is 23.7 Å². The van der Waals surface area contributed by atoms with Crippen LogP contribution in [-0.4, -0.2) is 109 Å². The molecule has 10 rings (SSSR count). The highest BCUT2D eigenvalue weighted by Gasteiger charge is 2.39. The fourth-order valence-corrected chi connectivity index (χ4v) is 9.36.